The highest BCUT2D eigenvalue weighted by Crippen LogP contribution is 2.25. The van der Waals surface area contributed by atoms with Gasteiger partial charge in [0.2, 0.25) is 0 Å². The molecule has 0 aromatic heterocycles. The first-order chi connectivity index (χ1) is 9.69. The van der Waals surface area contributed by atoms with Crippen LogP contribution in [0, 0.1) is 11.3 Å². The maximum atomic E-state index is 12.3. The van der Waals surface area contributed by atoms with Gasteiger partial charge in [-0.3, -0.25) is 10.2 Å². The van der Waals surface area contributed by atoms with E-state index < -0.39 is 0 Å². The average molecular weight is 288 g/mol. The summed E-state index contributed by atoms with van der Waals surface area (Å²) in [7, 11) is 0. The molecule has 3 amide bonds. The van der Waals surface area contributed by atoms with Crippen molar-refractivity contribution in [2.75, 3.05) is 11.6 Å². The van der Waals surface area contributed by atoms with Gasteiger partial charge in [-0.15, -0.1) is 11.8 Å². The molecule has 3 rings (SSSR count). The molecule has 7 heteroatoms. The molecule has 2 heterocycles. The second-order valence-corrected chi connectivity index (χ2v) is 5.64. The highest BCUT2D eigenvalue weighted by Gasteiger charge is 2.42. The van der Waals surface area contributed by atoms with E-state index in [0.717, 1.165) is 5.56 Å². The van der Waals surface area contributed by atoms with Crippen LogP contribution in [0.5, 0.6) is 0 Å². The second-order valence-electron chi connectivity index (χ2n) is 4.64. The topological polar surface area (TPSA) is 76.4 Å². The van der Waals surface area contributed by atoms with Crippen LogP contribution in [-0.2, 0) is 11.3 Å². The summed E-state index contributed by atoms with van der Waals surface area (Å²) in [5.74, 6) is 1.08. The van der Waals surface area contributed by atoms with Crippen LogP contribution in [-0.4, -0.2) is 39.5 Å². The van der Waals surface area contributed by atoms with Crippen molar-refractivity contribution in [2.45, 2.75) is 12.6 Å². The molecule has 2 aliphatic heterocycles. The fourth-order valence-corrected chi connectivity index (χ4v) is 3.38. The van der Waals surface area contributed by atoms with E-state index in [0.29, 0.717) is 23.7 Å². The molecule has 0 bridgehead atoms. The Bertz CT molecular complexity index is 595. The van der Waals surface area contributed by atoms with Gasteiger partial charge < -0.3 is 4.90 Å². The number of urea groups is 1. The monoisotopic (exact) mass is 288 g/mol. The summed E-state index contributed by atoms with van der Waals surface area (Å²) >= 11 is 1.58. The van der Waals surface area contributed by atoms with Crippen LogP contribution in [0.15, 0.2) is 24.3 Å². The zero-order valence-electron chi connectivity index (χ0n) is 10.6. The number of amides is 3. The van der Waals surface area contributed by atoms with Crippen molar-refractivity contribution >= 4 is 23.7 Å². The number of carbonyl (C=O) groups excluding carboxylic acids is 2. The van der Waals surface area contributed by atoms with Crippen LogP contribution in [0.25, 0.3) is 0 Å². The molecule has 0 aliphatic carbocycles. The summed E-state index contributed by atoms with van der Waals surface area (Å²) in [5.41, 5.74) is 4.07. The van der Waals surface area contributed by atoms with Crippen LogP contribution in [0.4, 0.5) is 4.79 Å². The smallest absolute Gasteiger partial charge is 0.301 e. The Morgan fingerprint density at radius 3 is 2.80 bits per heavy atom. The lowest BCUT2D eigenvalue weighted by molar-refractivity contribution is -0.131. The molecule has 1 unspecified atom stereocenters. The molecular weight excluding hydrogens is 276 g/mol. The molecule has 1 N–H and O–H groups in total. The van der Waals surface area contributed by atoms with Crippen molar-refractivity contribution in [2.24, 2.45) is 0 Å². The van der Waals surface area contributed by atoms with Crippen LogP contribution in [0.3, 0.4) is 0 Å². The number of thioether (sulfide) groups is 1. The number of benzene rings is 1. The third-order valence-electron chi connectivity index (χ3n) is 3.33. The van der Waals surface area contributed by atoms with Gasteiger partial charge in [0.15, 0.2) is 0 Å². The Labute approximate surface area is 120 Å². The largest absolute Gasteiger partial charge is 0.340 e. The van der Waals surface area contributed by atoms with Crippen LogP contribution in [0.2, 0.25) is 0 Å². The van der Waals surface area contributed by atoms with E-state index in [1.54, 1.807) is 40.9 Å². The maximum absolute atomic E-state index is 12.3. The molecule has 1 aromatic carbocycles. The molecule has 0 spiro atoms. The molecule has 102 valence electrons. The first kappa shape index (κ1) is 12.8. The van der Waals surface area contributed by atoms with E-state index in [9.17, 15) is 9.59 Å². The molecule has 2 fully saturated rings. The standard InChI is InChI=1S/C13H12N4O2S/c14-5-9-1-3-10(4-2-9)6-17-13(19)16-8-20-7-11(16)12(18)15-17/h1-4,11H,6-8H2,(H,15,18). The van der Waals surface area contributed by atoms with Crippen molar-refractivity contribution in [1.29, 1.82) is 5.26 Å². The summed E-state index contributed by atoms with van der Waals surface area (Å²) < 4.78 is 0. The Morgan fingerprint density at radius 2 is 2.10 bits per heavy atom. The Balaban J connectivity index is 1.75. The van der Waals surface area contributed by atoms with Gasteiger partial charge in [-0.25, -0.2) is 9.80 Å². The number of nitrogens with zero attached hydrogens (tertiary/aromatic N) is 3. The SMILES string of the molecule is N#Cc1ccc(CN2NC(=O)C3CSCN3C2=O)cc1. The predicted molar refractivity (Wildman–Crippen MR) is 73.2 cm³/mol. The molecule has 0 radical (unpaired) electrons. The van der Waals surface area contributed by atoms with Crippen molar-refractivity contribution in [1.82, 2.24) is 15.3 Å². The van der Waals surface area contributed by atoms with Gasteiger partial charge >= 0.3 is 6.03 Å². The minimum Gasteiger partial charge on any atom is -0.301 e. The highest BCUT2D eigenvalue weighted by atomic mass is 32.2. The van der Waals surface area contributed by atoms with E-state index in [1.165, 1.54) is 5.01 Å². The van der Waals surface area contributed by atoms with E-state index in [4.69, 9.17) is 5.26 Å². The lowest BCUT2D eigenvalue weighted by Crippen LogP contribution is -2.63. The van der Waals surface area contributed by atoms with E-state index in [2.05, 4.69) is 5.43 Å². The molecule has 2 aliphatic rings. The quantitative estimate of drug-likeness (QED) is 0.877. The summed E-state index contributed by atoms with van der Waals surface area (Å²) in [6.45, 7) is 0.296. The normalized spacial score (nSPS) is 21.4. The third-order valence-corrected chi connectivity index (χ3v) is 4.34. The minimum atomic E-state index is -0.343. The third kappa shape index (κ3) is 2.18. The number of hydrazine groups is 1. The number of carbonyl (C=O) groups is 2. The van der Waals surface area contributed by atoms with Crippen molar-refractivity contribution in [3.63, 3.8) is 0 Å². The summed E-state index contributed by atoms with van der Waals surface area (Å²) in [5, 5.41) is 10.1. The zero-order valence-corrected chi connectivity index (χ0v) is 11.4. The van der Waals surface area contributed by atoms with Gasteiger partial charge in [0.25, 0.3) is 5.91 Å². The van der Waals surface area contributed by atoms with Gasteiger partial charge in [-0.05, 0) is 17.7 Å². The maximum Gasteiger partial charge on any atom is 0.340 e. The first-order valence-electron chi connectivity index (χ1n) is 6.14. The van der Waals surface area contributed by atoms with Crippen LogP contribution >= 0.6 is 11.8 Å². The van der Waals surface area contributed by atoms with Crippen molar-refractivity contribution in [3.8, 4) is 6.07 Å². The molecular formula is C13H12N4O2S. The summed E-state index contributed by atoms with van der Waals surface area (Å²) in [6, 6.07) is 8.47. The first-order valence-corrected chi connectivity index (χ1v) is 7.30. The van der Waals surface area contributed by atoms with Gasteiger partial charge in [0, 0.05) is 5.75 Å². The molecule has 1 aromatic rings. The lowest BCUT2D eigenvalue weighted by Gasteiger charge is -2.36. The molecule has 1 atom stereocenters. The van der Waals surface area contributed by atoms with E-state index in [1.807, 2.05) is 6.07 Å². The molecule has 20 heavy (non-hydrogen) atoms. The molecule has 0 saturated carbocycles. The number of nitriles is 1. The summed E-state index contributed by atoms with van der Waals surface area (Å²) in [4.78, 5) is 25.8. The Morgan fingerprint density at radius 1 is 1.35 bits per heavy atom. The number of hydrogen-bond acceptors (Lipinski definition) is 4. The van der Waals surface area contributed by atoms with Gasteiger partial charge in [-0.1, -0.05) is 12.1 Å². The van der Waals surface area contributed by atoms with Gasteiger partial charge in [-0.2, -0.15) is 5.26 Å². The van der Waals surface area contributed by atoms with Crippen molar-refractivity contribution < 1.29 is 9.59 Å². The van der Waals surface area contributed by atoms with Crippen molar-refractivity contribution in [3.05, 3.63) is 35.4 Å². The zero-order chi connectivity index (χ0) is 14.1. The average Bonchev–Trinajstić information content (AvgIpc) is 2.95. The minimum absolute atomic E-state index is 0.136. The van der Waals surface area contributed by atoms with E-state index in [-0.39, 0.29) is 18.0 Å². The summed E-state index contributed by atoms with van der Waals surface area (Å²) in [6.07, 6.45) is 0. The predicted octanol–water partition coefficient (Wildman–Crippen LogP) is 0.900. The van der Waals surface area contributed by atoms with Crippen LogP contribution in [0.1, 0.15) is 11.1 Å². The second kappa shape index (κ2) is 5.06. The lowest BCUT2D eigenvalue weighted by atomic mass is 10.1. The fraction of sp³-hybridized carbons (Fsp3) is 0.308. The number of fused-ring (bicyclic) bond motifs is 1. The molecule has 2 saturated heterocycles. The van der Waals surface area contributed by atoms with Gasteiger partial charge in [0.05, 0.1) is 24.1 Å². The van der Waals surface area contributed by atoms with Gasteiger partial charge in [0.1, 0.15) is 6.04 Å². The number of rotatable bonds is 2. The van der Waals surface area contributed by atoms with Crippen LogP contribution < -0.4 is 5.43 Å². The number of nitrogens with one attached hydrogen (secondary N) is 1. The highest BCUT2D eigenvalue weighted by molar-refractivity contribution is 7.99. The fourth-order valence-electron chi connectivity index (χ4n) is 2.23. The van der Waals surface area contributed by atoms with E-state index >= 15 is 0 Å². The number of hydrogen-bond donors (Lipinski definition) is 1. The molecule has 6 nitrogen and oxygen atoms in total. The Kier molecular flexibility index (Phi) is 3.24. The Hall–Kier alpha value is -2.20.